The van der Waals surface area contributed by atoms with E-state index < -0.39 is 0 Å². The van der Waals surface area contributed by atoms with E-state index in [0.29, 0.717) is 11.2 Å². The zero-order chi connectivity index (χ0) is 11.9. The largest absolute Gasteiger partial charge is 0.333 e. The summed E-state index contributed by atoms with van der Waals surface area (Å²) < 4.78 is 15.5. The van der Waals surface area contributed by atoms with Crippen LogP contribution in [0.2, 0.25) is 0 Å². The van der Waals surface area contributed by atoms with Crippen molar-refractivity contribution in [2.75, 3.05) is 0 Å². The lowest BCUT2D eigenvalue weighted by molar-refractivity contribution is 0.100. The molecule has 1 aromatic carbocycles. The van der Waals surface area contributed by atoms with Crippen molar-refractivity contribution in [2.24, 2.45) is 0 Å². The van der Waals surface area contributed by atoms with Gasteiger partial charge in [0, 0.05) is 18.4 Å². The van der Waals surface area contributed by atoms with Gasteiger partial charge in [0.05, 0.1) is 11.2 Å². The molecule has 0 unspecified atom stereocenters. The second-order valence-electron chi connectivity index (χ2n) is 4.23. The Balaban J connectivity index is 2.88. The summed E-state index contributed by atoms with van der Waals surface area (Å²) in [7, 11) is 0. The minimum Gasteiger partial charge on any atom is -0.333 e. The molecule has 0 radical (unpaired) electrons. The molecule has 2 aromatic rings. The molecule has 0 spiro atoms. The molecule has 0 aliphatic carbocycles. The quantitative estimate of drug-likeness (QED) is 0.708. The molecule has 0 fully saturated rings. The van der Waals surface area contributed by atoms with E-state index >= 15 is 0 Å². The molecule has 2 rings (SSSR count). The standard InChI is InChI=1S/C13H14FNO/c1-8(2)15-12(9(3)16)7-10-5-4-6-11(14)13(10)15/h4-8H,1-3H3. The van der Waals surface area contributed by atoms with Gasteiger partial charge in [0.1, 0.15) is 5.82 Å². The maximum atomic E-state index is 13.8. The van der Waals surface area contributed by atoms with Crippen molar-refractivity contribution in [1.29, 1.82) is 0 Å². The van der Waals surface area contributed by atoms with Crippen molar-refractivity contribution in [1.82, 2.24) is 4.57 Å². The molecule has 2 nitrogen and oxygen atoms in total. The molecule has 0 bridgehead atoms. The molecule has 16 heavy (non-hydrogen) atoms. The summed E-state index contributed by atoms with van der Waals surface area (Å²) in [4.78, 5) is 11.5. The highest BCUT2D eigenvalue weighted by molar-refractivity contribution is 5.98. The average molecular weight is 219 g/mol. The lowest BCUT2D eigenvalue weighted by Gasteiger charge is -2.13. The maximum Gasteiger partial charge on any atom is 0.176 e. The Morgan fingerprint density at radius 3 is 2.62 bits per heavy atom. The highest BCUT2D eigenvalue weighted by Crippen LogP contribution is 2.26. The number of Topliss-reactive ketones (excluding diaryl/α,β-unsaturated/α-hetero) is 1. The van der Waals surface area contributed by atoms with Crippen LogP contribution < -0.4 is 0 Å². The molecular weight excluding hydrogens is 205 g/mol. The van der Waals surface area contributed by atoms with Gasteiger partial charge in [0.15, 0.2) is 5.78 Å². The lowest BCUT2D eigenvalue weighted by atomic mass is 10.2. The number of ketones is 1. The summed E-state index contributed by atoms with van der Waals surface area (Å²) in [5.74, 6) is -0.317. The first kappa shape index (κ1) is 10.9. The fourth-order valence-corrected chi connectivity index (χ4v) is 2.05. The van der Waals surface area contributed by atoms with Gasteiger partial charge < -0.3 is 4.57 Å². The highest BCUT2D eigenvalue weighted by Gasteiger charge is 2.16. The molecule has 0 saturated heterocycles. The number of benzene rings is 1. The molecule has 1 heterocycles. The van der Waals surface area contributed by atoms with Crippen molar-refractivity contribution in [3.05, 3.63) is 35.8 Å². The van der Waals surface area contributed by atoms with Crippen LogP contribution in [0.4, 0.5) is 4.39 Å². The summed E-state index contributed by atoms with van der Waals surface area (Å²) in [5.41, 5.74) is 1.08. The number of nitrogens with zero attached hydrogens (tertiary/aromatic N) is 1. The van der Waals surface area contributed by atoms with Gasteiger partial charge in [0.2, 0.25) is 0 Å². The van der Waals surface area contributed by atoms with E-state index in [1.54, 1.807) is 16.7 Å². The van der Waals surface area contributed by atoms with Crippen molar-refractivity contribution < 1.29 is 9.18 Å². The fourth-order valence-electron chi connectivity index (χ4n) is 2.05. The Morgan fingerprint density at radius 2 is 2.06 bits per heavy atom. The average Bonchev–Trinajstić information content (AvgIpc) is 2.58. The van der Waals surface area contributed by atoms with Crippen LogP contribution in [0.15, 0.2) is 24.3 Å². The second kappa shape index (κ2) is 3.74. The number of carbonyl (C=O) groups excluding carboxylic acids is 1. The Labute approximate surface area is 93.7 Å². The van der Waals surface area contributed by atoms with Crippen molar-refractivity contribution in [3.63, 3.8) is 0 Å². The van der Waals surface area contributed by atoms with E-state index in [1.165, 1.54) is 13.0 Å². The summed E-state index contributed by atoms with van der Waals surface area (Å²) >= 11 is 0. The first-order valence-electron chi connectivity index (χ1n) is 5.32. The molecule has 0 saturated carbocycles. The van der Waals surface area contributed by atoms with Gasteiger partial charge in [0.25, 0.3) is 0 Å². The SMILES string of the molecule is CC(=O)c1cc2cccc(F)c2n1C(C)C. The zero-order valence-electron chi connectivity index (χ0n) is 9.62. The molecule has 84 valence electrons. The van der Waals surface area contributed by atoms with Crippen molar-refractivity contribution in [2.45, 2.75) is 26.8 Å². The molecular formula is C13H14FNO. The van der Waals surface area contributed by atoms with E-state index in [9.17, 15) is 9.18 Å². The van der Waals surface area contributed by atoms with E-state index in [4.69, 9.17) is 0 Å². The van der Waals surface area contributed by atoms with Crippen LogP contribution >= 0.6 is 0 Å². The number of rotatable bonds is 2. The Morgan fingerprint density at radius 1 is 1.38 bits per heavy atom. The van der Waals surface area contributed by atoms with Crippen molar-refractivity contribution in [3.8, 4) is 0 Å². The second-order valence-corrected chi connectivity index (χ2v) is 4.23. The molecule has 0 aliphatic heterocycles. The zero-order valence-corrected chi connectivity index (χ0v) is 9.62. The molecule has 1 aromatic heterocycles. The number of para-hydroxylation sites is 1. The first-order valence-corrected chi connectivity index (χ1v) is 5.32. The minimum atomic E-state index is -0.279. The van der Waals surface area contributed by atoms with Crippen LogP contribution in [-0.2, 0) is 0 Å². The van der Waals surface area contributed by atoms with Gasteiger partial charge in [-0.1, -0.05) is 12.1 Å². The molecule has 0 aliphatic rings. The molecule has 0 amide bonds. The van der Waals surface area contributed by atoms with Gasteiger partial charge in [-0.05, 0) is 26.0 Å². The third-order valence-electron chi connectivity index (χ3n) is 2.69. The van der Waals surface area contributed by atoms with E-state index in [-0.39, 0.29) is 17.6 Å². The monoisotopic (exact) mass is 219 g/mol. The molecule has 3 heteroatoms. The smallest absolute Gasteiger partial charge is 0.176 e. The Kier molecular flexibility index (Phi) is 2.54. The number of fused-ring (bicyclic) bond motifs is 1. The third-order valence-corrected chi connectivity index (χ3v) is 2.69. The molecule has 0 N–H and O–H groups in total. The van der Waals surface area contributed by atoms with Crippen LogP contribution in [0.3, 0.4) is 0 Å². The van der Waals surface area contributed by atoms with Gasteiger partial charge in [-0.25, -0.2) is 4.39 Å². The van der Waals surface area contributed by atoms with Crippen LogP contribution in [0.25, 0.3) is 10.9 Å². The lowest BCUT2D eigenvalue weighted by Crippen LogP contribution is -2.09. The van der Waals surface area contributed by atoms with Gasteiger partial charge in [-0.3, -0.25) is 4.79 Å². The summed E-state index contributed by atoms with van der Waals surface area (Å²) in [6, 6.07) is 6.72. The van der Waals surface area contributed by atoms with Gasteiger partial charge in [-0.2, -0.15) is 0 Å². The third kappa shape index (κ3) is 1.52. The van der Waals surface area contributed by atoms with Crippen molar-refractivity contribution >= 4 is 16.7 Å². The number of hydrogen-bond donors (Lipinski definition) is 0. The normalized spacial score (nSPS) is 11.3. The highest BCUT2D eigenvalue weighted by atomic mass is 19.1. The molecule has 0 atom stereocenters. The number of aromatic nitrogens is 1. The first-order chi connectivity index (χ1) is 7.52. The number of halogens is 1. The minimum absolute atomic E-state index is 0.0377. The predicted molar refractivity (Wildman–Crippen MR) is 62.3 cm³/mol. The van der Waals surface area contributed by atoms with Crippen LogP contribution in [0.1, 0.15) is 37.3 Å². The van der Waals surface area contributed by atoms with Gasteiger partial charge in [-0.15, -0.1) is 0 Å². The maximum absolute atomic E-state index is 13.8. The van der Waals surface area contributed by atoms with E-state index in [1.807, 2.05) is 19.9 Å². The topological polar surface area (TPSA) is 22.0 Å². The fraction of sp³-hybridized carbons (Fsp3) is 0.308. The van der Waals surface area contributed by atoms with Gasteiger partial charge >= 0.3 is 0 Å². The predicted octanol–water partition coefficient (Wildman–Crippen LogP) is 3.56. The van der Waals surface area contributed by atoms with Crippen LogP contribution in [-0.4, -0.2) is 10.4 Å². The van der Waals surface area contributed by atoms with Crippen LogP contribution in [0, 0.1) is 5.82 Å². The number of hydrogen-bond acceptors (Lipinski definition) is 1. The summed E-state index contributed by atoms with van der Waals surface area (Å²) in [5, 5.41) is 0.777. The Hall–Kier alpha value is -1.64. The number of carbonyl (C=O) groups is 1. The Bertz CT molecular complexity index is 554. The van der Waals surface area contributed by atoms with Crippen LogP contribution in [0.5, 0.6) is 0 Å². The summed E-state index contributed by atoms with van der Waals surface area (Å²) in [6.45, 7) is 5.39. The summed E-state index contributed by atoms with van der Waals surface area (Å²) in [6.07, 6.45) is 0. The van der Waals surface area contributed by atoms with E-state index in [2.05, 4.69) is 0 Å². The van der Waals surface area contributed by atoms with E-state index in [0.717, 1.165) is 5.39 Å².